The molecule has 0 spiro atoms. The standard InChI is InChI=1S/C17H15NO5/c19-13-9-5-4-8-12(13)15-16(17(22)18(15)10-14(20)21)23-11-6-2-1-3-7-11/h1-9,15-16,19H,10H2,(H,20,21)/t15-,16-/m0/s1. The maximum atomic E-state index is 12.3. The largest absolute Gasteiger partial charge is 0.508 e. The molecular formula is C17H15NO5. The van der Waals surface area contributed by atoms with Crippen molar-refractivity contribution >= 4 is 11.9 Å². The number of carboxylic acids is 1. The highest BCUT2D eigenvalue weighted by Gasteiger charge is 2.51. The molecule has 6 heteroatoms. The molecule has 1 aliphatic rings. The molecule has 0 saturated carbocycles. The van der Waals surface area contributed by atoms with Gasteiger partial charge in [-0.25, -0.2) is 0 Å². The minimum absolute atomic E-state index is 0.00190. The fraction of sp³-hybridized carbons (Fsp3) is 0.176. The zero-order chi connectivity index (χ0) is 16.4. The van der Waals surface area contributed by atoms with E-state index in [1.165, 1.54) is 11.0 Å². The Morgan fingerprint density at radius 1 is 1.09 bits per heavy atom. The van der Waals surface area contributed by atoms with Crippen molar-refractivity contribution in [1.29, 1.82) is 0 Å². The number of β-lactam (4-membered cyclic amide) rings is 1. The monoisotopic (exact) mass is 313 g/mol. The normalized spacial score (nSPS) is 20.0. The Labute approximate surface area is 132 Å². The number of para-hydroxylation sites is 2. The minimum Gasteiger partial charge on any atom is -0.508 e. The number of phenolic OH excluding ortho intramolecular Hbond substituents is 1. The van der Waals surface area contributed by atoms with Gasteiger partial charge in [0.15, 0.2) is 0 Å². The van der Waals surface area contributed by atoms with Crippen LogP contribution in [0.15, 0.2) is 54.6 Å². The first-order chi connectivity index (χ1) is 11.1. The third kappa shape index (κ3) is 2.83. The van der Waals surface area contributed by atoms with Gasteiger partial charge in [0.2, 0.25) is 6.10 Å². The molecule has 3 rings (SSSR count). The van der Waals surface area contributed by atoms with E-state index in [0.717, 1.165) is 0 Å². The molecular weight excluding hydrogens is 298 g/mol. The molecule has 0 bridgehead atoms. The van der Waals surface area contributed by atoms with E-state index in [-0.39, 0.29) is 5.75 Å². The van der Waals surface area contributed by atoms with Crippen LogP contribution < -0.4 is 4.74 Å². The third-order valence-electron chi connectivity index (χ3n) is 3.72. The predicted octanol–water partition coefficient (Wildman–Crippen LogP) is 1.81. The highest BCUT2D eigenvalue weighted by Crippen LogP contribution is 2.40. The lowest BCUT2D eigenvalue weighted by atomic mass is 9.90. The number of hydrogen-bond donors (Lipinski definition) is 2. The van der Waals surface area contributed by atoms with Gasteiger partial charge in [0, 0.05) is 5.56 Å². The molecule has 1 fully saturated rings. The van der Waals surface area contributed by atoms with Crippen LogP contribution in [-0.2, 0) is 9.59 Å². The van der Waals surface area contributed by atoms with Crippen molar-refractivity contribution in [3.8, 4) is 11.5 Å². The molecule has 2 aromatic carbocycles. The second-order valence-electron chi connectivity index (χ2n) is 5.22. The van der Waals surface area contributed by atoms with Crippen molar-refractivity contribution in [1.82, 2.24) is 4.90 Å². The Kier molecular flexibility index (Phi) is 3.89. The highest BCUT2D eigenvalue weighted by atomic mass is 16.5. The van der Waals surface area contributed by atoms with E-state index < -0.39 is 30.6 Å². The van der Waals surface area contributed by atoms with Gasteiger partial charge in [-0.05, 0) is 18.2 Å². The maximum Gasteiger partial charge on any atom is 0.323 e. The summed E-state index contributed by atoms with van der Waals surface area (Å²) in [5.41, 5.74) is 0.467. The van der Waals surface area contributed by atoms with Crippen LogP contribution >= 0.6 is 0 Å². The lowest BCUT2D eigenvalue weighted by molar-refractivity contribution is -0.169. The first-order valence-electron chi connectivity index (χ1n) is 7.10. The predicted molar refractivity (Wildman–Crippen MR) is 81.1 cm³/mol. The maximum absolute atomic E-state index is 12.3. The highest BCUT2D eigenvalue weighted by molar-refractivity contribution is 5.92. The summed E-state index contributed by atoms with van der Waals surface area (Å²) in [7, 11) is 0. The van der Waals surface area contributed by atoms with Gasteiger partial charge in [-0.3, -0.25) is 9.59 Å². The summed E-state index contributed by atoms with van der Waals surface area (Å²) in [6.07, 6.45) is -0.856. The van der Waals surface area contributed by atoms with E-state index in [2.05, 4.69) is 0 Å². The third-order valence-corrected chi connectivity index (χ3v) is 3.72. The summed E-state index contributed by atoms with van der Waals surface area (Å²) < 4.78 is 5.70. The average molecular weight is 313 g/mol. The van der Waals surface area contributed by atoms with E-state index in [9.17, 15) is 14.7 Å². The summed E-state index contributed by atoms with van der Waals surface area (Å²) in [5.74, 6) is -1.01. The molecule has 1 saturated heterocycles. The van der Waals surface area contributed by atoms with Gasteiger partial charge in [-0.2, -0.15) is 0 Å². The molecule has 1 heterocycles. The number of aromatic hydroxyl groups is 1. The Morgan fingerprint density at radius 2 is 1.74 bits per heavy atom. The van der Waals surface area contributed by atoms with Crippen molar-refractivity contribution in [2.45, 2.75) is 12.1 Å². The molecule has 2 aromatic rings. The van der Waals surface area contributed by atoms with Crippen molar-refractivity contribution < 1.29 is 24.5 Å². The SMILES string of the molecule is O=C(O)CN1C(=O)[C@@H](Oc2ccccc2)[C@@H]1c1ccccc1O. The second kappa shape index (κ2) is 6.00. The molecule has 23 heavy (non-hydrogen) atoms. The fourth-order valence-corrected chi connectivity index (χ4v) is 2.67. The van der Waals surface area contributed by atoms with Gasteiger partial charge >= 0.3 is 5.97 Å². The molecule has 2 N–H and O–H groups in total. The van der Waals surface area contributed by atoms with Crippen LogP contribution in [0.2, 0.25) is 0 Å². The number of amides is 1. The molecule has 118 valence electrons. The Hall–Kier alpha value is -3.02. The molecule has 0 aliphatic carbocycles. The molecule has 0 aromatic heterocycles. The Morgan fingerprint density at radius 3 is 2.39 bits per heavy atom. The van der Waals surface area contributed by atoms with Gasteiger partial charge in [-0.15, -0.1) is 0 Å². The zero-order valence-electron chi connectivity index (χ0n) is 12.1. The van der Waals surface area contributed by atoms with Crippen molar-refractivity contribution in [2.24, 2.45) is 0 Å². The smallest absolute Gasteiger partial charge is 0.323 e. The van der Waals surface area contributed by atoms with Crippen LogP contribution in [0.3, 0.4) is 0 Å². The lowest BCUT2D eigenvalue weighted by Crippen LogP contribution is -2.62. The molecule has 1 aliphatic heterocycles. The first kappa shape index (κ1) is 14.9. The van der Waals surface area contributed by atoms with Gasteiger partial charge < -0.3 is 19.8 Å². The van der Waals surface area contributed by atoms with E-state index in [0.29, 0.717) is 11.3 Å². The summed E-state index contributed by atoms with van der Waals surface area (Å²) in [4.78, 5) is 24.4. The summed E-state index contributed by atoms with van der Waals surface area (Å²) >= 11 is 0. The summed E-state index contributed by atoms with van der Waals surface area (Å²) in [6, 6.07) is 14.7. The first-order valence-corrected chi connectivity index (χ1v) is 7.10. The van der Waals surface area contributed by atoms with Crippen LogP contribution in [-0.4, -0.2) is 39.6 Å². The number of rotatable bonds is 5. The van der Waals surface area contributed by atoms with E-state index in [1.54, 1.807) is 42.5 Å². The molecule has 1 amide bonds. The van der Waals surface area contributed by atoms with E-state index >= 15 is 0 Å². The molecule has 0 radical (unpaired) electrons. The zero-order valence-corrected chi connectivity index (χ0v) is 12.1. The van der Waals surface area contributed by atoms with Crippen molar-refractivity contribution in [3.05, 3.63) is 60.2 Å². The number of aliphatic carboxylic acids is 1. The topological polar surface area (TPSA) is 87.1 Å². The van der Waals surface area contributed by atoms with Gasteiger partial charge in [0.1, 0.15) is 24.1 Å². The number of hydrogen-bond acceptors (Lipinski definition) is 4. The number of nitrogens with zero attached hydrogens (tertiary/aromatic N) is 1. The van der Waals surface area contributed by atoms with Gasteiger partial charge in [0.25, 0.3) is 5.91 Å². The second-order valence-corrected chi connectivity index (χ2v) is 5.22. The molecule has 2 atom stereocenters. The quantitative estimate of drug-likeness (QED) is 0.822. The number of phenols is 1. The van der Waals surface area contributed by atoms with Crippen LogP contribution in [0.25, 0.3) is 0 Å². The van der Waals surface area contributed by atoms with Crippen molar-refractivity contribution in [2.75, 3.05) is 6.54 Å². The van der Waals surface area contributed by atoms with Gasteiger partial charge in [0.05, 0.1) is 0 Å². The van der Waals surface area contributed by atoms with Crippen LogP contribution in [0, 0.1) is 0 Å². The summed E-state index contributed by atoms with van der Waals surface area (Å²) in [6.45, 7) is -0.438. The molecule has 6 nitrogen and oxygen atoms in total. The number of carboxylic acid groups (broad SMARTS) is 1. The van der Waals surface area contributed by atoms with E-state index in [1.807, 2.05) is 6.07 Å². The number of likely N-dealkylation sites (tertiary alicyclic amines) is 1. The fourth-order valence-electron chi connectivity index (χ4n) is 2.67. The lowest BCUT2D eigenvalue weighted by Gasteiger charge is -2.46. The van der Waals surface area contributed by atoms with Crippen LogP contribution in [0.5, 0.6) is 11.5 Å². The van der Waals surface area contributed by atoms with E-state index in [4.69, 9.17) is 9.84 Å². The number of benzene rings is 2. The van der Waals surface area contributed by atoms with Crippen LogP contribution in [0.4, 0.5) is 0 Å². The Balaban J connectivity index is 1.90. The average Bonchev–Trinajstić information content (AvgIpc) is 2.55. The number of carbonyl (C=O) groups is 2. The number of ether oxygens (including phenoxy) is 1. The Bertz CT molecular complexity index is 731. The summed E-state index contributed by atoms with van der Waals surface area (Å²) in [5, 5.41) is 19.0. The number of carbonyl (C=O) groups excluding carboxylic acids is 1. The molecule has 0 unspecified atom stereocenters. The van der Waals surface area contributed by atoms with Crippen molar-refractivity contribution in [3.63, 3.8) is 0 Å². The minimum atomic E-state index is -1.11. The van der Waals surface area contributed by atoms with Gasteiger partial charge in [-0.1, -0.05) is 36.4 Å². The van der Waals surface area contributed by atoms with Crippen LogP contribution in [0.1, 0.15) is 11.6 Å².